The Labute approximate surface area is 89.9 Å². The molecule has 1 aliphatic rings. The monoisotopic (exact) mass is 208 g/mol. The Bertz CT molecular complexity index is 327. The van der Waals surface area contributed by atoms with E-state index in [-0.39, 0.29) is 5.82 Å². The highest BCUT2D eigenvalue weighted by atomic mass is 19.1. The smallest absolute Gasteiger partial charge is 0.146 e. The molecule has 82 valence electrons. The van der Waals surface area contributed by atoms with Crippen molar-refractivity contribution in [1.82, 2.24) is 5.32 Å². The Morgan fingerprint density at radius 2 is 2.20 bits per heavy atom. The van der Waals surface area contributed by atoms with Crippen LogP contribution in [0.5, 0.6) is 0 Å². The summed E-state index contributed by atoms with van der Waals surface area (Å²) >= 11 is 0. The van der Waals surface area contributed by atoms with E-state index < -0.39 is 0 Å². The number of halogens is 1. The number of anilines is 1. The lowest BCUT2D eigenvalue weighted by molar-refractivity contribution is 0.367. The van der Waals surface area contributed by atoms with Crippen molar-refractivity contribution in [3.8, 4) is 0 Å². The average Bonchev–Trinajstić information content (AvgIpc) is 2.24. The lowest BCUT2D eigenvalue weighted by Gasteiger charge is -2.31. The quantitative estimate of drug-likeness (QED) is 0.779. The van der Waals surface area contributed by atoms with Crippen LogP contribution in [0.3, 0.4) is 0 Å². The van der Waals surface area contributed by atoms with Crippen molar-refractivity contribution in [2.45, 2.75) is 19.4 Å². The van der Waals surface area contributed by atoms with Crippen molar-refractivity contribution in [2.24, 2.45) is 5.92 Å². The summed E-state index contributed by atoms with van der Waals surface area (Å²) in [6, 6.07) is 7.24. The first-order valence-corrected chi connectivity index (χ1v) is 5.49. The van der Waals surface area contributed by atoms with Gasteiger partial charge in [0.2, 0.25) is 0 Å². The third kappa shape index (κ3) is 2.48. The van der Waals surface area contributed by atoms with E-state index in [2.05, 4.69) is 17.6 Å². The van der Waals surface area contributed by atoms with E-state index in [0.29, 0.717) is 17.6 Å². The molecule has 0 amide bonds. The van der Waals surface area contributed by atoms with E-state index >= 15 is 0 Å². The largest absolute Gasteiger partial charge is 0.380 e. The standard InChI is InChI=1S/C12H17FN2/c1-9-8-14-7-6-11(9)15-12-5-3-2-4-10(12)13/h2-5,9,11,14-15H,6-8H2,1H3/t9-,11+/m0/s1. The molecule has 0 spiro atoms. The van der Waals surface area contributed by atoms with Gasteiger partial charge in [0.1, 0.15) is 5.82 Å². The van der Waals surface area contributed by atoms with Crippen LogP contribution in [0.25, 0.3) is 0 Å². The van der Waals surface area contributed by atoms with E-state index in [4.69, 9.17) is 0 Å². The molecule has 0 unspecified atom stereocenters. The molecule has 0 aliphatic carbocycles. The topological polar surface area (TPSA) is 24.1 Å². The molecule has 2 atom stereocenters. The lowest BCUT2D eigenvalue weighted by Crippen LogP contribution is -2.42. The summed E-state index contributed by atoms with van der Waals surface area (Å²) in [7, 11) is 0. The Kier molecular flexibility index (Phi) is 3.21. The Morgan fingerprint density at radius 3 is 2.93 bits per heavy atom. The van der Waals surface area contributed by atoms with Gasteiger partial charge in [-0.3, -0.25) is 0 Å². The second kappa shape index (κ2) is 4.62. The second-order valence-corrected chi connectivity index (χ2v) is 4.20. The number of rotatable bonds is 2. The van der Waals surface area contributed by atoms with Gasteiger partial charge in [-0.2, -0.15) is 0 Å². The van der Waals surface area contributed by atoms with Crippen LogP contribution in [0.2, 0.25) is 0 Å². The van der Waals surface area contributed by atoms with Crippen LogP contribution in [0.15, 0.2) is 24.3 Å². The van der Waals surface area contributed by atoms with Crippen LogP contribution >= 0.6 is 0 Å². The molecule has 3 heteroatoms. The maximum Gasteiger partial charge on any atom is 0.146 e. The van der Waals surface area contributed by atoms with Gasteiger partial charge in [-0.25, -0.2) is 4.39 Å². The Balaban J connectivity index is 2.04. The molecule has 0 aromatic heterocycles. The number of nitrogens with one attached hydrogen (secondary N) is 2. The Hall–Kier alpha value is -1.09. The van der Waals surface area contributed by atoms with Crippen LogP contribution in [0, 0.1) is 11.7 Å². The molecular formula is C12H17FN2. The second-order valence-electron chi connectivity index (χ2n) is 4.20. The molecule has 1 aliphatic heterocycles. The molecule has 1 fully saturated rings. The highest BCUT2D eigenvalue weighted by Gasteiger charge is 2.21. The first-order valence-electron chi connectivity index (χ1n) is 5.49. The van der Waals surface area contributed by atoms with Crippen molar-refractivity contribution in [3.05, 3.63) is 30.1 Å². The third-order valence-corrected chi connectivity index (χ3v) is 3.00. The molecule has 0 bridgehead atoms. The molecule has 1 heterocycles. The molecular weight excluding hydrogens is 191 g/mol. The number of benzene rings is 1. The van der Waals surface area contributed by atoms with E-state index in [9.17, 15) is 4.39 Å². The van der Waals surface area contributed by atoms with Crippen molar-refractivity contribution in [3.63, 3.8) is 0 Å². The van der Waals surface area contributed by atoms with Gasteiger partial charge < -0.3 is 10.6 Å². The number of para-hydroxylation sites is 1. The van der Waals surface area contributed by atoms with Gasteiger partial charge >= 0.3 is 0 Å². The minimum atomic E-state index is -0.164. The molecule has 1 aromatic carbocycles. The predicted molar refractivity (Wildman–Crippen MR) is 60.5 cm³/mol. The summed E-state index contributed by atoms with van der Waals surface area (Å²) in [4.78, 5) is 0. The zero-order valence-corrected chi connectivity index (χ0v) is 8.96. The maximum atomic E-state index is 13.4. The normalized spacial score (nSPS) is 26.3. The predicted octanol–water partition coefficient (Wildman–Crippen LogP) is 2.24. The average molecular weight is 208 g/mol. The fraction of sp³-hybridized carbons (Fsp3) is 0.500. The van der Waals surface area contributed by atoms with Gasteiger partial charge in [-0.1, -0.05) is 19.1 Å². The fourth-order valence-corrected chi connectivity index (χ4v) is 2.01. The summed E-state index contributed by atoms with van der Waals surface area (Å²) in [5, 5.41) is 6.62. The molecule has 2 nitrogen and oxygen atoms in total. The SMILES string of the molecule is C[C@H]1CNCC[C@H]1Nc1ccccc1F. The van der Waals surface area contributed by atoms with Crippen LogP contribution in [-0.2, 0) is 0 Å². The van der Waals surface area contributed by atoms with Gasteiger partial charge in [0.15, 0.2) is 0 Å². The molecule has 1 saturated heterocycles. The fourth-order valence-electron chi connectivity index (χ4n) is 2.01. The van der Waals surface area contributed by atoms with Gasteiger partial charge in [0.25, 0.3) is 0 Å². The number of piperidine rings is 1. The van der Waals surface area contributed by atoms with Gasteiger partial charge in [0, 0.05) is 6.04 Å². The Morgan fingerprint density at radius 1 is 1.40 bits per heavy atom. The zero-order chi connectivity index (χ0) is 10.7. The summed E-state index contributed by atoms with van der Waals surface area (Å²) in [5.74, 6) is 0.376. The van der Waals surface area contributed by atoms with Crippen LogP contribution in [-0.4, -0.2) is 19.1 Å². The van der Waals surface area contributed by atoms with Gasteiger partial charge in [0.05, 0.1) is 5.69 Å². The van der Waals surface area contributed by atoms with Crippen LogP contribution < -0.4 is 10.6 Å². The number of hydrogen-bond acceptors (Lipinski definition) is 2. The van der Waals surface area contributed by atoms with Crippen LogP contribution in [0.1, 0.15) is 13.3 Å². The minimum Gasteiger partial charge on any atom is -0.380 e. The van der Waals surface area contributed by atoms with Gasteiger partial charge in [-0.15, -0.1) is 0 Å². The highest BCUT2D eigenvalue weighted by Crippen LogP contribution is 2.19. The van der Waals surface area contributed by atoms with Gasteiger partial charge in [-0.05, 0) is 37.6 Å². The summed E-state index contributed by atoms with van der Waals surface area (Å²) in [5.41, 5.74) is 0.622. The first kappa shape index (κ1) is 10.4. The van der Waals surface area contributed by atoms with Crippen molar-refractivity contribution >= 4 is 5.69 Å². The van der Waals surface area contributed by atoms with E-state index in [1.165, 1.54) is 6.07 Å². The maximum absolute atomic E-state index is 13.4. The zero-order valence-electron chi connectivity index (χ0n) is 8.96. The van der Waals surface area contributed by atoms with Crippen molar-refractivity contribution < 1.29 is 4.39 Å². The molecule has 0 radical (unpaired) electrons. The van der Waals surface area contributed by atoms with Crippen molar-refractivity contribution in [2.75, 3.05) is 18.4 Å². The molecule has 15 heavy (non-hydrogen) atoms. The molecule has 1 aromatic rings. The van der Waals surface area contributed by atoms with Crippen molar-refractivity contribution in [1.29, 1.82) is 0 Å². The summed E-state index contributed by atoms with van der Waals surface area (Å²) in [6.45, 7) is 4.20. The van der Waals surface area contributed by atoms with Crippen LogP contribution in [0.4, 0.5) is 10.1 Å². The first-order chi connectivity index (χ1) is 7.27. The molecule has 2 N–H and O–H groups in total. The highest BCUT2D eigenvalue weighted by molar-refractivity contribution is 5.45. The third-order valence-electron chi connectivity index (χ3n) is 3.00. The lowest BCUT2D eigenvalue weighted by atomic mass is 9.95. The van der Waals surface area contributed by atoms with E-state index in [1.54, 1.807) is 12.1 Å². The molecule has 0 saturated carbocycles. The molecule has 2 rings (SSSR count). The van der Waals surface area contributed by atoms with E-state index in [0.717, 1.165) is 19.5 Å². The number of hydrogen-bond donors (Lipinski definition) is 2. The van der Waals surface area contributed by atoms with E-state index in [1.807, 2.05) is 6.07 Å². The summed E-state index contributed by atoms with van der Waals surface area (Å²) in [6.07, 6.45) is 1.05. The summed E-state index contributed by atoms with van der Waals surface area (Å²) < 4.78 is 13.4. The minimum absolute atomic E-state index is 0.164.